The molecule has 0 unspecified atom stereocenters. The topological polar surface area (TPSA) is 66.2 Å². The fraction of sp³-hybridized carbons (Fsp3) is 0.250. The number of hydrogen-bond acceptors (Lipinski definition) is 6. The molecule has 6 nitrogen and oxygen atoms in total. The minimum Gasteiger partial charge on any atom is -0.497 e. The summed E-state index contributed by atoms with van der Waals surface area (Å²) in [5, 5.41) is 9.89. The van der Waals surface area contributed by atoms with Gasteiger partial charge in [0.25, 0.3) is 0 Å². The number of halogens is 2. The quantitative estimate of drug-likeness (QED) is 0.330. The van der Waals surface area contributed by atoms with E-state index < -0.39 is 0 Å². The number of rotatable bonds is 9. The molecule has 0 amide bonds. The van der Waals surface area contributed by atoms with Crippen molar-refractivity contribution in [2.24, 2.45) is 0 Å². The van der Waals surface area contributed by atoms with E-state index in [0.717, 1.165) is 5.75 Å². The molecule has 29 heavy (non-hydrogen) atoms. The summed E-state index contributed by atoms with van der Waals surface area (Å²) in [6.07, 6.45) is 0. The molecule has 0 spiro atoms. The van der Waals surface area contributed by atoms with Gasteiger partial charge in [-0.2, -0.15) is 0 Å². The SMILES string of the molecule is CCn1c(COc2ccc(OC)cc2)nnc1SCC(=O)c1ccc(Cl)cc1Cl. The lowest BCUT2D eigenvalue weighted by molar-refractivity contribution is 0.102. The summed E-state index contributed by atoms with van der Waals surface area (Å²) in [6, 6.07) is 12.2. The van der Waals surface area contributed by atoms with Crippen molar-refractivity contribution in [2.75, 3.05) is 12.9 Å². The Bertz CT molecular complexity index is 993. The van der Waals surface area contributed by atoms with Gasteiger partial charge in [-0.3, -0.25) is 4.79 Å². The first kappa shape index (κ1) is 21.5. The monoisotopic (exact) mass is 451 g/mol. The Morgan fingerprint density at radius 1 is 1.10 bits per heavy atom. The molecule has 0 atom stereocenters. The summed E-state index contributed by atoms with van der Waals surface area (Å²) in [7, 11) is 1.62. The van der Waals surface area contributed by atoms with Gasteiger partial charge < -0.3 is 14.0 Å². The van der Waals surface area contributed by atoms with Crippen LogP contribution in [0.25, 0.3) is 0 Å². The average Bonchev–Trinajstić information content (AvgIpc) is 3.12. The van der Waals surface area contributed by atoms with Crippen LogP contribution in [0.2, 0.25) is 10.0 Å². The number of benzene rings is 2. The highest BCUT2D eigenvalue weighted by Gasteiger charge is 2.16. The van der Waals surface area contributed by atoms with Crippen molar-refractivity contribution >= 4 is 40.7 Å². The second kappa shape index (κ2) is 10.0. The number of Topliss-reactive ketones (excluding diaryl/α,β-unsaturated/α-hetero) is 1. The Hall–Kier alpha value is -2.22. The van der Waals surface area contributed by atoms with Gasteiger partial charge in [0.15, 0.2) is 16.8 Å². The van der Waals surface area contributed by atoms with Crippen LogP contribution in [-0.4, -0.2) is 33.4 Å². The lowest BCUT2D eigenvalue weighted by Crippen LogP contribution is -2.08. The third kappa shape index (κ3) is 5.44. The maximum atomic E-state index is 12.5. The van der Waals surface area contributed by atoms with E-state index in [-0.39, 0.29) is 18.1 Å². The molecule has 3 aromatic rings. The van der Waals surface area contributed by atoms with Crippen LogP contribution in [0.5, 0.6) is 11.5 Å². The van der Waals surface area contributed by atoms with Crippen LogP contribution in [0.3, 0.4) is 0 Å². The van der Waals surface area contributed by atoms with Gasteiger partial charge in [0, 0.05) is 17.1 Å². The Morgan fingerprint density at radius 3 is 2.48 bits per heavy atom. The molecule has 1 aromatic heterocycles. The summed E-state index contributed by atoms with van der Waals surface area (Å²) >= 11 is 13.3. The van der Waals surface area contributed by atoms with Crippen molar-refractivity contribution < 1.29 is 14.3 Å². The third-order valence-electron chi connectivity index (χ3n) is 4.10. The minimum absolute atomic E-state index is 0.0987. The Kier molecular flexibility index (Phi) is 7.41. The molecule has 2 aromatic carbocycles. The highest BCUT2D eigenvalue weighted by Crippen LogP contribution is 2.25. The van der Waals surface area contributed by atoms with Crippen LogP contribution in [0.1, 0.15) is 23.1 Å². The van der Waals surface area contributed by atoms with Gasteiger partial charge in [-0.05, 0) is 49.4 Å². The smallest absolute Gasteiger partial charge is 0.191 e. The molecule has 0 aliphatic rings. The van der Waals surface area contributed by atoms with Crippen LogP contribution in [-0.2, 0) is 13.2 Å². The number of carbonyl (C=O) groups is 1. The fourth-order valence-corrected chi connectivity index (χ4v) is 4.01. The Morgan fingerprint density at radius 2 is 1.83 bits per heavy atom. The second-order valence-corrected chi connectivity index (χ2v) is 7.73. The molecule has 0 radical (unpaired) electrons. The van der Waals surface area contributed by atoms with Gasteiger partial charge in [0.1, 0.15) is 18.1 Å². The number of hydrogen-bond donors (Lipinski definition) is 0. The summed E-state index contributed by atoms with van der Waals surface area (Å²) in [4.78, 5) is 12.5. The van der Waals surface area contributed by atoms with Gasteiger partial charge in [-0.25, -0.2) is 0 Å². The van der Waals surface area contributed by atoms with Gasteiger partial charge in [-0.1, -0.05) is 35.0 Å². The first-order valence-corrected chi connectivity index (χ1v) is 10.6. The fourth-order valence-electron chi connectivity index (χ4n) is 2.59. The highest BCUT2D eigenvalue weighted by atomic mass is 35.5. The van der Waals surface area contributed by atoms with E-state index in [0.29, 0.717) is 38.9 Å². The van der Waals surface area contributed by atoms with Crippen LogP contribution in [0.4, 0.5) is 0 Å². The molecule has 0 aliphatic carbocycles. The van der Waals surface area contributed by atoms with Gasteiger partial charge in [0.2, 0.25) is 0 Å². The zero-order valence-electron chi connectivity index (χ0n) is 15.9. The number of ether oxygens (including phenoxy) is 2. The highest BCUT2D eigenvalue weighted by molar-refractivity contribution is 7.99. The van der Waals surface area contributed by atoms with Crippen molar-refractivity contribution in [3.8, 4) is 11.5 Å². The molecule has 1 heterocycles. The molecule has 0 saturated heterocycles. The maximum Gasteiger partial charge on any atom is 0.191 e. The largest absolute Gasteiger partial charge is 0.497 e. The summed E-state index contributed by atoms with van der Waals surface area (Å²) < 4.78 is 12.8. The van der Waals surface area contributed by atoms with E-state index in [2.05, 4.69) is 10.2 Å². The Balaban J connectivity index is 1.63. The van der Waals surface area contributed by atoms with E-state index in [1.807, 2.05) is 35.8 Å². The predicted molar refractivity (Wildman–Crippen MR) is 115 cm³/mol. The van der Waals surface area contributed by atoms with Crippen LogP contribution in [0.15, 0.2) is 47.6 Å². The lowest BCUT2D eigenvalue weighted by Gasteiger charge is -2.09. The summed E-state index contributed by atoms with van der Waals surface area (Å²) in [6.45, 7) is 2.92. The van der Waals surface area contributed by atoms with E-state index in [1.54, 1.807) is 25.3 Å². The summed E-state index contributed by atoms with van der Waals surface area (Å²) in [5.41, 5.74) is 0.439. The minimum atomic E-state index is -0.0987. The van der Waals surface area contributed by atoms with Gasteiger partial charge >= 0.3 is 0 Å². The third-order valence-corrected chi connectivity index (χ3v) is 5.62. The maximum absolute atomic E-state index is 12.5. The second-order valence-electron chi connectivity index (χ2n) is 5.94. The van der Waals surface area contributed by atoms with Crippen molar-refractivity contribution in [3.63, 3.8) is 0 Å². The van der Waals surface area contributed by atoms with Crippen LogP contribution >= 0.6 is 35.0 Å². The normalized spacial score (nSPS) is 10.8. The zero-order valence-corrected chi connectivity index (χ0v) is 18.2. The average molecular weight is 452 g/mol. The first-order chi connectivity index (χ1) is 14.0. The molecule has 152 valence electrons. The van der Waals surface area contributed by atoms with Gasteiger partial charge in [-0.15, -0.1) is 10.2 Å². The Labute approximate surface area is 183 Å². The molecule has 0 bridgehead atoms. The van der Waals surface area contributed by atoms with Gasteiger partial charge in [0.05, 0.1) is 17.9 Å². The van der Waals surface area contributed by atoms with Crippen LogP contribution < -0.4 is 9.47 Å². The number of aromatic nitrogens is 3. The standard InChI is InChI=1S/C20H19Cl2N3O3S/c1-3-25-19(11-28-15-7-5-14(27-2)6-8-15)23-24-20(25)29-12-18(26)16-9-4-13(21)10-17(16)22/h4-10H,3,11-12H2,1-2H3. The van der Waals surface area contributed by atoms with Crippen molar-refractivity contribution in [1.82, 2.24) is 14.8 Å². The number of methoxy groups -OCH3 is 1. The lowest BCUT2D eigenvalue weighted by atomic mass is 10.1. The molecule has 0 N–H and O–H groups in total. The molecular formula is C20H19Cl2N3O3S. The first-order valence-electron chi connectivity index (χ1n) is 8.81. The number of nitrogens with zero attached hydrogens (tertiary/aromatic N) is 3. The summed E-state index contributed by atoms with van der Waals surface area (Å²) in [5.74, 6) is 2.25. The van der Waals surface area contributed by atoms with E-state index in [9.17, 15) is 4.79 Å². The number of carbonyl (C=O) groups excluding carboxylic acids is 1. The zero-order chi connectivity index (χ0) is 20.8. The number of ketones is 1. The molecule has 3 rings (SSSR count). The molecule has 9 heteroatoms. The number of thioether (sulfide) groups is 1. The van der Waals surface area contributed by atoms with Crippen LogP contribution in [0, 0.1) is 0 Å². The van der Waals surface area contributed by atoms with Crippen molar-refractivity contribution in [1.29, 1.82) is 0 Å². The van der Waals surface area contributed by atoms with E-state index in [1.165, 1.54) is 11.8 Å². The molecule has 0 saturated carbocycles. The predicted octanol–water partition coefficient (Wildman–Crippen LogP) is 5.17. The van der Waals surface area contributed by atoms with E-state index in [4.69, 9.17) is 32.7 Å². The molecule has 0 aliphatic heterocycles. The molecule has 0 fully saturated rings. The van der Waals surface area contributed by atoms with Crippen molar-refractivity contribution in [3.05, 3.63) is 63.9 Å². The van der Waals surface area contributed by atoms with Crippen molar-refractivity contribution in [2.45, 2.75) is 25.2 Å². The molecular weight excluding hydrogens is 433 g/mol. The van der Waals surface area contributed by atoms with E-state index >= 15 is 0 Å².